The van der Waals surface area contributed by atoms with E-state index in [9.17, 15) is 14.0 Å². The van der Waals surface area contributed by atoms with Gasteiger partial charge in [0.05, 0.1) is 29.1 Å². The van der Waals surface area contributed by atoms with Crippen LogP contribution in [0.25, 0.3) is 0 Å². The Kier molecular flexibility index (Phi) is 6.51. The first-order valence-corrected chi connectivity index (χ1v) is 9.14. The molecule has 0 unspecified atom stereocenters. The molecule has 2 N–H and O–H groups in total. The molecule has 29 heavy (non-hydrogen) atoms. The van der Waals surface area contributed by atoms with E-state index in [2.05, 4.69) is 10.6 Å². The lowest BCUT2D eigenvalue weighted by molar-refractivity contribution is -0.123. The van der Waals surface area contributed by atoms with Gasteiger partial charge >= 0.3 is 5.97 Å². The topological polar surface area (TPSA) is 80.6 Å². The van der Waals surface area contributed by atoms with Crippen molar-refractivity contribution < 1.29 is 23.1 Å². The predicted molar refractivity (Wildman–Crippen MR) is 107 cm³/mol. The van der Waals surface area contributed by atoms with Crippen molar-refractivity contribution in [2.75, 3.05) is 10.6 Å². The Bertz CT molecular complexity index is 1010. The lowest BCUT2D eigenvalue weighted by Gasteiger charge is -2.16. The van der Waals surface area contributed by atoms with Crippen LogP contribution in [0.4, 0.5) is 15.8 Å². The van der Waals surface area contributed by atoms with E-state index in [4.69, 9.17) is 20.8 Å². The second-order valence-corrected chi connectivity index (χ2v) is 6.55. The smallest absolute Gasteiger partial charge is 0.341 e. The summed E-state index contributed by atoms with van der Waals surface area (Å²) in [6.07, 6.45) is 0.465. The summed E-state index contributed by atoms with van der Waals surface area (Å²) in [4.78, 5) is 24.9. The second-order valence-electron chi connectivity index (χ2n) is 6.14. The average molecular weight is 417 g/mol. The number of rotatable bonds is 7. The normalized spacial score (nSPS) is 11.6. The number of esters is 1. The zero-order valence-electron chi connectivity index (χ0n) is 15.4. The Balaban J connectivity index is 1.63. The third-order valence-corrected chi connectivity index (χ3v) is 4.33. The molecule has 1 amide bonds. The van der Waals surface area contributed by atoms with Gasteiger partial charge in [-0.3, -0.25) is 4.79 Å². The van der Waals surface area contributed by atoms with E-state index < -0.39 is 23.8 Å². The summed E-state index contributed by atoms with van der Waals surface area (Å²) in [6, 6.07) is 13.9. The van der Waals surface area contributed by atoms with E-state index in [1.54, 1.807) is 42.7 Å². The molecule has 1 atom stereocenters. The molecule has 3 aromatic rings. The van der Waals surface area contributed by atoms with Crippen molar-refractivity contribution in [3.8, 4) is 0 Å². The summed E-state index contributed by atoms with van der Waals surface area (Å²) in [5.74, 6) is -1.07. The number of hydrogen-bond acceptors (Lipinski definition) is 5. The molecule has 1 heterocycles. The number of anilines is 2. The predicted octanol–water partition coefficient (Wildman–Crippen LogP) is 4.87. The quantitative estimate of drug-likeness (QED) is 0.537. The summed E-state index contributed by atoms with van der Waals surface area (Å²) in [5, 5.41) is 5.66. The fourth-order valence-corrected chi connectivity index (χ4v) is 2.73. The van der Waals surface area contributed by atoms with Crippen molar-refractivity contribution in [2.45, 2.75) is 19.6 Å². The molecule has 8 heteroatoms. The molecule has 150 valence electrons. The van der Waals surface area contributed by atoms with Crippen LogP contribution >= 0.6 is 11.6 Å². The third kappa shape index (κ3) is 5.36. The minimum absolute atomic E-state index is 0.0457. The van der Waals surface area contributed by atoms with E-state index in [1.165, 1.54) is 19.1 Å². The van der Waals surface area contributed by atoms with Crippen LogP contribution < -0.4 is 10.6 Å². The van der Waals surface area contributed by atoms with Crippen molar-refractivity contribution in [3.63, 3.8) is 0 Å². The maximum absolute atomic E-state index is 13.1. The highest BCUT2D eigenvalue weighted by Gasteiger charge is 2.21. The lowest BCUT2D eigenvalue weighted by Crippen LogP contribution is -2.30. The first-order chi connectivity index (χ1) is 13.9. The molecular weight excluding hydrogens is 399 g/mol. The number of benzene rings is 2. The molecule has 3 rings (SSSR count). The Morgan fingerprint density at radius 2 is 1.93 bits per heavy atom. The summed E-state index contributed by atoms with van der Waals surface area (Å²) in [7, 11) is 0. The van der Waals surface area contributed by atoms with Gasteiger partial charge in [0.1, 0.15) is 11.6 Å². The molecule has 0 aliphatic carbocycles. The van der Waals surface area contributed by atoms with Crippen LogP contribution in [-0.2, 0) is 16.1 Å². The van der Waals surface area contributed by atoms with E-state index in [0.29, 0.717) is 18.0 Å². The third-order valence-electron chi connectivity index (χ3n) is 4.02. The van der Waals surface area contributed by atoms with Crippen LogP contribution in [0.3, 0.4) is 0 Å². The number of hydrogen-bond donors (Lipinski definition) is 2. The van der Waals surface area contributed by atoms with Gasteiger partial charge in [0.15, 0.2) is 6.10 Å². The van der Waals surface area contributed by atoms with Crippen molar-refractivity contribution in [2.24, 2.45) is 0 Å². The van der Waals surface area contributed by atoms with Gasteiger partial charge in [-0.2, -0.15) is 0 Å². The van der Waals surface area contributed by atoms with Gasteiger partial charge in [-0.1, -0.05) is 23.7 Å². The summed E-state index contributed by atoms with van der Waals surface area (Å²) >= 11 is 5.90. The fourth-order valence-electron chi connectivity index (χ4n) is 2.51. The number of amides is 1. The van der Waals surface area contributed by atoms with Gasteiger partial charge in [0.2, 0.25) is 0 Å². The SMILES string of the molecule is C[C@@H](OC(=O)c1ccccc1NCc1ccco1)C(=O)Nc1ccc(F)cc1Cl. The molecule has 0 radical (unpaired) electrons. The Morgan fingerprint density at radius 1 is 1.14 bits per heavy atom. The standard InChI is InChI=1S/C21H18ClFN2O4/c1-13(20(26)25-19-9-8-14(23)11-17(19)22)29-21(27)16-6-2-3-7-18(16)24-12-15-5-4-10-28-15/h2-11,13,24H,12H2,1H3,(H,25,26)/t13-/m1/s1. The molecule has 0 saturated carbocycles. The largest absolute Gasteiger partial charge is 0.467 e. The molecule has 2 aromatic carbocycles. The van der Waals surface area contributed by atoms with Crippen LogP contribution in [0.5, 0.6) is 0 Å². The van der Waals surface area contributed by atoms with Crippen molar-refractivity contribution in [1.29, 1.82) is 0 Å². The van der Waals surface area contributed by atoms with Crippen LogP contribution in [0.1, 0.15) is 23.0 Å². The molecule has 6 nitrogen and oxygen atoms in total. The van der Waals surface area contributed by atoms with E-state index in [-0.39, 0.29) is 16.3 Å². The zero-order valence-corrected chi connectivity index (χ0v) is 16.2. The molecule has 0 spiro atoms. The molecule has 1 aromatic heterocycles. The summed E-state index contributed by atoms with van der Waals surface area (Å²) in [6.45, 7) is 1.82. The first kappa shape index (κ1) is 20.4. The molecular formula is C21H18ClFN2O4. The van der Waals surface area contributed by atoms with E-state index in [0.717, 1.165) is 6.07 Å². The van der Waals surface area contributed by atoms with Crippen LogP contribution in [-0.4, -0.2) is 18.0 Å². The number of carbonyl (C=O) groups excluding carboxylic acids is 2. The van der Waals surface area contributed by atoms with Gasteiger partial charge in [-0.05, 0) is 49.4 Å². The van der Waals surface area contributed by atoms with Gasteiger partial charge in [-0.25, -0.2) is 9.18 Å². The minimum Gasteiger partial charge on any atom is -0.467 e. The minimum atomic E-state index is -1.10. The average Bonchev–Trinajstić information content (AvgIpc) is 3.22. The fraction of sp³-hybridized carbons (Fsp3) is 0.143. The van der Waals surface area contributed by atoms with Gasteiger partial charge in [-0.15, -0.1) is 0 Å². The number of para-hydroxylation sites is 1. The number of carbonyl (C=O) groups is 2. The highest BCUT2D eigenvalue weighted by Crippen LogP contribution is 2.23. The van der Waals surface area contributed by atoms with Gasteiger partial charge in [0.25, 0.3) is 5.91 Å². The Morgan fingerprint density at radius 3 is 2.66 bits per heavy atom. The van der Waals surface area contributed by atoms with Crippen LogP contribution in [0.2, 0.25) is 5.02 Å². The highest BCUT2D eigenvalue weighted by molar-refractivity contribution is 6.33. The summed E-state index contributed by atoms with van der Waals surface area (Å²) in [5.41, 5.74) is 1.04. The maximum atomic E-state index is 13.1. The van der Waals surface area contributed by atoms with Crippen molar-refractivity contribution in [1.82, 2.24) is 0 Å². The van der Waals surface area contributed by atoms with Crippen LogP contribution in [0.15, 0.2) is 65.3 Å². The molecule has 0 aliphatic heterocycles. The highest BCUT2D eigenvalue weighted by atomic mass is 35.5. The number of furan rings is 1. The molecule has 0 aliphatic rings. The molecule has 0 fully saturated rings. The lowest BCUT2D eigenvalue weighted by atomic mass is 10.1. The second kappa shape index (κ2) is 9.25. The van der Waals surface area contributed by atoms with E-state index in [1.807, 2.05) is 0 Å². The number of halogens is 2. The van der Waals surface area contributed by atoms with E-state index >= 15 is 0 Å². The molecule has 0 saturated heterocycles. The molecule has 0 bridgehead atoms. The number of ether oxygens (including phenoxy) is 1. The zero-order chi connectivity index (χ0) is 20.8. The first-order valence-electron chi connectivity index (χ1n) is 8.76. The van der Waals surface area contributed by atoms with Gasteiger partial charge in [0, 0.05) is 5.69 Å². The van der Waals surface area contributed by atoms with Crippen LogP contribution in [0, 0.1) is 5.82 Å². The van der Waals surface area contributed by atoms with Crippen molar-refractivity contribution >= 4 is 34.9 Å². The maximum Gasteiger partial charge on any atom is 0.341 e. The monoisotopic (exact) mass is 416 g/mol. The Labute approximate surface area is 171 Å². The Hall–Kier alpha value is -3.32. The van der Waals surface area contributed by atoms with Gasteiger partial charge < -0.3 is 19.8 Å². The number of nitrogens with one attached hydrogen (secondary N) is 2. The van der Waals surface area contributed by atoms with Crippen molar-refractivity contribution in [3.05, 3.63) is 83.0 Å². The summed E-state index contributed by atoms with van der Waals surface area (Å²) < 4.78 is 23.7.